The molecule has 0 aliphatic carbocycles. The minimum atomic E-state index is 0.257. The van der Waals surface area contributed by atoms with E-state index in [1.165, 1.54) is 11.1 Å². The second-order valence-corrected chi connectivity index (χ2v) is 7.51. The highest BCUT2D eigenvalue weighted by atomic mass is 79.9. The first kappa shape index (κ1) is 16.6. The fraction of sp³-hybridized carbons (Fsp3) is 0.333. The Hall–Kier alpha value is -0.800. The summed E-state index contributed by atoms with van der Waals surface area (Å²) >= 11 is 7.19. The molecule has 112 valence electrons. The second kappa shape index (κ2) is 7.46. The maximum absolute atomic E-state index is 3.59. The average Bonchev–Trinajstić information content (AvgIpc) is 2.43. The van der Waals surface area contributed by atoms with Crippen LogP contribution in [0.3, 0.4) is 0 Å². The molecule has 0 saturated carbocycles. The van der Waals surface area contributed by atoms with Gasteiger partial charge in [-0.2, -0.15) is 0 Å². The Bertz CT molecular complexity index is 570. The Labute approximate surface area is 144 Å². The lowest BCUT2D eigenvalue weighted by Crippen LogP contribution is -2.08. The van der Waals surface area contributed by atoms with Crippen LogP contribution in [0.4, 0.5) is 5.69 Å². The maximum Gasteiger partial charge on any atom is 0.0633 e. The molecular weight excluding hydrogens is 390 g/mol. The summed E-state index contributed by atoms with van der Waals surface area (Å²) in [4.78, 5) is 0. The first-order valence-electron chi connectivity index (χ1n) is 7.26. The number of benzene rings is 2. The standard InChI is InChI=1S/C18H21Br2N/c1-12(2)11-14-7-9-15(10-8-14)13(3)21-18-16(19)5-4-6-17(18)20/h4-10,12-13,21H,11H2,1-3H3. The van der Waals surface area contributed by atoms with Crippen LogP contribution in [0.1, 0.15) is 37.9 Å². The van der Waals surface area contributed by atoms with Gasteiger partial charge in [0.25, 0.3) is 0 Å². The first-order chi connectivity index (χ1) is 9.97. The van der Waals surface area contributed by atoms with Gasteiger partial charge in [0.15, 0.2) is 0 Å². The van der Waals surface area contributed by atoms with E-state index in [1.807, 2.05) is 18.2 Å². The van der Waals surface area contributed by atoms with Crippen molar-refractivity contribution >= 4 is 37.5 Å². The predicted molar refractivity (Wildman–Crippen MR) is 98.9 cm³/mol. The van der Waals surface area contributed by atoms with E-state index in [9.17, 15) is 0 Å². The van der Waals surface area contributed by atoms with Crippen molar-refractivity contribution in [3.05, 3.63) is 62.5 Å². The molecular formula is C18H21Br2N. The number of rotatable bonds is 5. The smallest absolute Gasteiger partial charge is 0.0633 e. The van der Waals surface area contributed by atoms with Crippen LogP contribution in [0.2, 0.25) is 0 Å². The molecule has 3 heteroatoms. The molecule has 0 aromatic heterocycles. The molecule has 0 spiro atoms. The van der Waals surface area contributed by atoms with E-state index in [2.05, 4.69) is 82.2 Å². The number of anilines is 1. The molecule has 1 unspecified atom stereocenters. The Kier molecular flexibility index (Phi) is 5.88. The van der Waals surface area contributed by atoms with Gasteiger partial charge in [0.1, 0.15) is 0 Å². The van der Waals surface area contributed by atoms with Crippen molar-refractivity contribution in [1.82, 2.24) is 0 Å². The number of hydrogen-bond acceptors (Lipinski definition) is 1. The molecule has 0 radical (unpaired) electrons. The SMILES string of the molecule is CC(C)Cc1ccc(C(C)Nc2c(Br)cccc2Br)cc1. The molecule has 1 nitrogen and oxygen atoms in total. The van der Waals surface area contributed by atoms with Gasteiger partial charge >= 0.3 is 0 Å². The highest BCUT2D eigenvalue weighted by Gasteiger charge is 2.10. The summed E-state index contributed by atoms with van der Waals surface area (Å²) in [6.45, 7) is 6.69. The number of halogens is 2. The molecule has 0 aliphatic heterocycles. The van der Waals surface area contributed by atoms with E-state index in [4.69, 9.17) is 0 Å². The van der Waals surface area contributed by atoms with E-state index in [1.54, 1.807) is 0 Å². The highest BCUT2D eigenvalue weighted by Crippen LogP contribution is 2.33. The fourth-order valence-electron chi connectivity index (χ4n) is 2.35. The molecule has 21 heavy (non-hydrogen) atoms. The molecule has 2 rings (SSSR count). The topological polar surface area (TPSA) is 12.0 Å². The van der Waals surface area contributed by atoms with Crippen LogP contribution >= 0.6 is 31.9 Å². The summed E-state index contributed by atoms with van der Waals surface area (Å²) in [6.07, 6.45) is 1.14. The van der Waals surface area contributed by atoms with Crippen LogP contribution < -0.4 is 5.32 Å². The first-order valence-corrected chi connectivity index (χ1v) is 8.85. The van der Waals surface area contributed by atoms with Crippen LogP contribution in [-0.2, 0) is 6.42 Å². The normalized spacial score (nSPS) is 12.5. The van der Waals surface area contributed by atoms with Gasteiger partial charge in [0.2, 0.25) is 0 Å². The summed E-state index contributed by atoms with van der Waals surface area (Å²) in [7, 11) is 0. The third-order valence-electron chi connectivity index (χ3n) is 3.45. The summed E-state index contributed by atoms with van der Waals surface area (Å²) in [6, 6.07) is 15.3. The average molecular weight is 411 g/mol. The van der Waals surface area contributed by atoms with E-state index < -0.39 is 0 Å². The molecule has 0 aliphatic rings. The minimum Gasteiger partial charge on any atom is -0.377 e. The Morgan fingerprint density at radius 2 is 1.48 bits per heavy atom. The molecule has 2 aromatic carbocycles. The van der Waals surface area contributed by atoms with Crippen molar-refractivity contribution in [2.45, 2.75) is 33.2 Å². The van der Waals surface area contributed by atoms with Gasteiger partial charge in [0.05, 0.1) is 5.69 Å². The van der Waals surface area contributed by atoms with Crippen LogP contribution in [0, 0.1) is 5.92 Å². The van der Waals surface area contributed by atoms with E-state index >= 15 is 0 Å². The van der Waals surface area contributed by atoms with E-state index in [0.717, 1.165) is 21.1 Å². The molecule has 2 aromatic rings. The van der Waals surface area contributed by atoms with Gasteiger partial charge < -0.3 is 5.32 Å². The van der Waals surface area contributed by atoms with Crippen molar-refractivity contribution in [1.29, 1.82) is 0 Å². The minimum absolute atomic E-state index is 0.257. The molecule has 1 N–H and O–H groups in total. The fourth-order valence-corrected chi connectivity index (χ4v) is 3.58. The quantitative estimate of drug-likeness (QED) is 0.586. The van der Waals surface area contributed by atoms with Crippen molar-refractivity contribution < 1.29 is 0 Å². The lowest BCUT2D eigenvalue weighted by atomic mass is 10.00. The Balaban J connectivity index is 2.11. The predicted octanol–water partition coefficient (Wildman–Crippen LogP) is 6.58. The van der Waals surface area contributed by atoms with Gasteiger partial charge in [-0.05, 0) is 74.4 Å². The van der Waals surface area contributed by atoms with Gasteiger partial charge in [-0.15, -0.1) is 0 Å². The number of hydrogen-bond donors (Lipinski definition) is 1. The van der Waals surface area contributed by atoms with Gasteiger partial charge in [0, 0.05) is 15.0 Å². The van der Waals surface area contributed by atoms with E-state index in [0.29, 0.717) is 5.92 Å². The third kappa shape index (κ3) is 4.58. The molecule has 0 fully saturated rings. The van der Waals surface area contributed by atoms with Crippen molar-refractivity contribution in [2.75, 3.05) is 5.32 Å². The van der Waals surface area contributed by atoms with Crippen LogP contribution in [0.5, 0.6) is 0 Å². The number of para-hydroxylation sites is 1. The van der Waals surface area contributed by atoms with Gasteiger partial charge in [-0.25, -0.2) is 0 Å². The van der Waals surface area contributed by atoms with Gasteiger partial charge in [-0.1, -0.05) is 44.2 Å². The zero-order valence-corrected chi connectivity index (χ0v) is 15.8. The summed E-state index contributed by atoms with van der Waals surface area (Å²) in [5, 5.41) is 3.56. The molecule has 0 amide bonds. The summed E-state index contributed by atoms with van der Waals surface area (Å²) < 4.78 is 2.14. The van der Waals surface area contributed by atoms with Crippen LogP contribution in [0.15, 0.2) is 51.4 Å². The lowest BCUT2D eigenvalue weighted by molar-refractivity contribution is 0.647. The second-order valence-electron chi connectivity index (χ2n) is 5.80. The Morgan fingerprint density at radius 1 is 0.905 bits per heavy atom. The monoisotopic (exact) mass is 409 g/mol. The molecule has 0 bridgehead atoms. The largest absolute Gasteiger partial charge is 0.377 e. The van der Waals surface area contributed by atoms with Crippen LogP contribution in [-0.4, -0.2) is 0 Å². The van der Waals surface area contributed by atoms with Crippen molar-refractivity contribution in [2.24, 2.45) is 5.92 Å². The molecule has 0 saturated heterocycles. The van der Waals surface area contributed by atoms with Crippen LogP contribution in [0.25, 0.3) is 0 Å². The van der Waals surface area contributed by atoms with Crippen molar-refractivity contribution in [3.8, 4) is 0 Å². The number of nitrogens with one attached hydrogen (secondary N) is 1. The molecule has 0 heterocycles. The Morgan fingerprint density at radius 3 is 2.00 bits per heavy atom. The molecule has 1 atom stereocenters. The summed E-state index contributed by atoms with van der Waals surface area (Å²) in [5.74, 6) is 0.697. The van der Waals surface area contributed by atoms with Crippen molar-refractivity contribution in [3.63, 3.8) is 0 Å². The third-order valence-corrected chi connectivity index (χ3v) is 4.77. The van der Waals surface area contributed by atoms with E-state index in [-0.39, 0.29) is 6.04 Å². The highest BCUT2D eigenvalue weighted by molar-refractivity contribution is 9.11. The zero-order chi connectivity index (χ0) is 15.4. The maximum atomic E-state index is 3.59. The lowest BCUT2D eigenvalue weighted by Gasteiger charge is -2.18. The zero-order valence-electron chi connectivity index (χ0n) is 12.7. The van der Waals surface area contributed by atoms with Gasteiger partial charge in [-0.3, -0.25) is 0 Å². The summed E-state index contributed by atoms with van der Waals surface area (Å²) in [5.41, 5.74) is 3.80.